The van der Waals surface area contributed by atoms with E-state index in [1.807, 2.05) is 32.0 Å². The quantitative estimate of drug-likeness (QED) is 0.758. The molecule has 2 N–H and O–H groups in total. The normalized spacial score (nSPS) is 11.8. The maximum absolute atomic E-state index is 12.1. The highest BCUT2D eigenvalue weighted by atomic mass is 16.5. The maximum atomic E-state index is 12.1. The Labute approximate surface area is 140 Å². The monoisotopic (exact) mass is 330 g/mol. The smallest absolute Gasteiger partial charge is 0.246 e. The van der Waals surface area contributed by atoms with Crippen LogP contribution in [0.25, 0.3) is 11.0 Å². The largest absolute Gasteiger partial charge is 0.497 e. The third-order valence-electron chi connectivity index (χ3n) is 3.70. The van der Waals surface area contributed by atoms with E-state index in [2.05, 4.69) is 21.9 Å². The molecule has 0 spiro atoms. The molecule has 2 rings (SSSR count). The number of hydrogen-bond donors (Lipinski definition) is 2. The predicted molar refractivity (Wildman–Crippen MR) is 91.7 cm³/mol. The van der Waals surface area contributed by atoms with Gasteiger partial charge >= 0.3 is 0 Å². The third kappa shape index (κ3) is 3.92. The van der Waals surface area contributed by atoms with Crippen LogP contribution >= 0.6 is 0 Å². The van der Waals surface area contributed by atoms with E-state index >= 15 is 0 Å². The topological polar surface area (TPSA) is 87.3 Å². The second-order valence-corrected chi connectivity index (χ2v) is 5.35. The number of imidazole rings is 1. The summed E-state index contributed by atoms with van der Waals surface area (Å²) >= 11 is 0. The molecular weight excluding hydrogens is 308 g/mol. The Morgan fingerprint density at radius 3 is 2.88 bits per heavy atom. The van der Waals surface area contributed by atoms with Crippen molar-refractivity contribution in [1.82, 2.24) is 20.2 Å². The molecule has 24 heavy (non-hydrogen) atoms. The van der Waals surface area contributed by atoms with Crippen molar-refractivity contribution in [2.45, 2.75) is 19.9 Å². The molecule has 1 aromatic carbocycles. The molecule has 1 unspecified atom stereocenters. The number of aromatic amines is 1. The summed E-state index contributed by atoms with van der Waals surface area (Å²) in [5.41, 5.74) is 1.63. The molecule has 7 nitrogen and oxygen atoms in total. The first kappa shape index (κ1) is 17.5. The van der Waals surface area contributed by atoms with E-state index in [1.54, 1.807) is 7.11 Å². The summed E-state index contributed by atoms with van der Waals surface area (Å²) in [7, 11) is 1.60. The molecule has 1 atom stereocenters. The third-order valence-corrected chi connectivity index (χ3v) is 3.70. The zero-order chi connectivity index (χ0) is 17.7. The van der Waals surface area contributed by atoms with Crippen LogP contribution in [-0.4, -0.2) is 46.9 Å². The first-order valence-corrected chi connectivity index (χ1v) is 7.72. The second kappa shape index (κ2) is 7.63. The summed E-state index contributed by atoms with van der Waals surface area (Å²) in [6.45, 7) is 7.50. The standard InChI is InChI=1S/C17H22N4O3/c1-5-16(23)21(6-2)10-15(22)18-11(3)17-19-13-8-7-12(24-4)9-14(13)20-17/h5,7-9,11H,1,6,10H2,2-4H3,(H,18,22)(H,19,20). The molecule has 1 heterocycles. The minimum atomic E-state index is -0.312. The summed E-state index contributed by atoms with van der Waals surface area (Å²) in [5.74, 6) is 0.856. The Balaban J connectivity index is 2.06. The number of nitrogens with zero attached hydrogens (tertiary/aromatic N) is 2. The van der Waals surface area contributed by atoms with Crippen LogP contribution in [0.4, 0.5) is 0 Å². The number of H-pyrrole nitrogens is 1. The summed E-state index contributed by atoms with van der Waals surface area (Å²) in [6, 6.07) is 5.22. The van der Waals surface area contributed by atoms with Crippen LogP contribution in [0.2, 0.25) is 0 Å². The highest BCUT2D eigenvalue weighted by Crippen LogP contribution is 2.20. The van der Waals surface area contributed by atoms with Gasteiger partial charge < -0.3 is 19.9 Å². The average Bonchev–Trinajstić information content (AvgIpc) is 3.02. The van der Waals surface area contributed by atoms with Gasteiger partial charge in [-0.1, -0.05) is 6.58 Å². The number of carbonyl (C=O) groups is 2. The van der Waals surface area contributed by atoms with Crippen LogP contribution < -0.4 is 10.1 Å². The van der Waals surface area contributed by atoms with Crippen molar-refractivity contribution >= 4 is 22.8 Å². The first-order chi connectivity index (χ1) is 11.5. The maximum Gasteiger partial charge on any atom is 0.246 e. The lowest BCUT2D eigenvalue weighted by atomic mass is 10.3. The number of carbonyl (C=O) groups excluding carboxylic acids is 2. The van der Waals surface area contributed by atoms with Crippen LogP contribution in [0, 0.1) is 0 Å². The fraction of sp³-hybridized carbons (Fsp3) is 0.353. The number of ether oxygens (including phenoxy) is 1. The number of hydrogen-bond acceptors (Lipinski definition) is 4. The van der Waals surface area contributed by atoms with Crippen molar-refractivity contribution in [3.8, 4) is 5.75 Å². The number of rotatable bonds is 7. The van der Waals surface area contributed by atoms with Crippen molar-refractivity contribution < 1.29 is 14.3 Å². The molecule has 0 bridgehead atoms. The van der Waals surface area contributed by atoms with Gasteiger partial charge in [-0.15, -0.1) is 0 Å². The van der Waals surface area contributed by atoms with Crippen molar-refractivity contribution in [3.63, 3.8) is 0 Å². The van der Waals surface area contributed by atoms with E-state index < -0.39 is 0 Å². The molecule has 0 saturated carbocycles. The van der Waals surface area contributed by atoms with E-state index in [4.69, 9.17) is 4.74 Å². The number of methoxy groups -OCH3 is 1. The van der Waals surface area contributed by atoms with Gasteiger partial charge in [0, 0.05) is 12.6 Å². The molecule has 0 aliphatic rings. The Bertz CT molecular complexity index is 753. The van der Waals surface area contributed by atoms with Crippen LogP contribution in [0.15, 0.2) is 30.9 Å². The molecule has 128 valence electrons. The first-order valence-electron chi connectivity index (χ1n) is 7.72. The van der Waals surface area contributed by atoms with Crippen LogP contribution in [0.5, 0.6) is 5.75 Å². The van der Waals surface area contributed by atoms with Crippen molar-refractivity contribution in [1.29, 1.82) is 0 Å². The molecule has 7 heteroatoms. The van der Waals surface area contributed by atoms with Gasteiger partial charge in [-0.3, -0.25) is 9.59 Å². The molecule has 0 aliphatic carbocycles. The molecule has 2 aromatic rings. The number of aromatic nitrogens is 2. The van der Waals surface area contributed by atoms with Gasteiger partial charge in [0.05, 0.1) is 30.7 Å². The van der Waals surface area contributed by atoms with Crippen molar-refractivity contribution in [2.24, 2.45) is 0 Å². The van der Waals surface area contributed by atoms with Crippen LogP contribution in [0.3, 0.4) is 0 Å². The number of benzene rings is 1. The minimum absolute atomic E-state index is 0.0141. The highest BCUT2D eigenvalue weighted by molar-refractivity contribution is 5.91. The Kier molecular flexibility index (Phi) is 5.57. The van der Waals surface area contributed by atoms with Gasteiger partial charge in [0.1, 0.15) is 11.6 Å². The number of likely N-dealkylation sites (N-methyl/N-ethyl adjacent to an activating group) is 1. The molecule has 2 amide bonds. The summed E-state index contributed by atoms with van der Waals surface area (Å²) in [4.78, 5) is 32.8. The van der Waals surface area contributed by atoms with Gasteiger partial charge in [-0.25, -0.2) is 4.98 Å². The number of fused-ring (bicyclic) bond motifs is 1. The fourth-order valence-electron chi connectivity index (χ4n) is 2.34. The van der Waals surface area contributed by atoms with Crippen LogP contribution in [-0.2, 0) is 9.59 Å². The highest BCUT2D eigenvalue weighted by Gasteiger charge is 2.17. The second-order valence-electron chi connectivity index (χ2n) is 5.35. The lowest BCUT2D eigenvalue weighted by molar-refractivity contribution is -0.132. The van der Waals surface area contributed by atoms with Crippen molar-refractivity contribution in [3.05, 3.63) is 36.7 Å². The van der Waals surface area contributed by atoms with Gasteiger partial charge in [0.15, 0.2) is 0 Å². The minimum Gasteiger partial charge on any atom is -0.497 e. The fourth-order valence-corrected chi connectivity index (χ4v) is 2.34. The summed E-state index contributed by atoms with van der Waals surface area (Å²) in [6.07, 6.45) is 1.20. The lowest BCUT2D eigenvalue weighted by Crippen LogP contribution is -2.40. The molecule has 0 fully saturated rings. The molecule has 0 saturated heterocycles. The van der Waals surface area contributed by atoms with Gasteiger partial charge in [0.2, 0.25) is 11.8 Å². The zero-order valence-electron chi connectivity index (χ0n) is 14.1. The van der Waals surface area contributed by atoms with Gasteiger partial charge in [0.25, 0.3) is 0 Å². The Morgan fingerprint density at radius 1 is 1.50 bits per heavy atom. The van der Waals surface area contributed by atoms with Crippen molar-refractivity contribution in [2.75, 3.05) is 20.2 Å². The summed E-state index contributed by atoms with van der Waals surface area (Å²) in [5, 5.41) is 2.84. The van der Waals surface area contributed by atoms with E-state index in [1.165, 1.54) is 11.0 Å². The van der Waals surface area contributed by atoms with E-state index in [9.17, 15) is 9.59 Å². The van der Waals surface area contributed by atoms with Crippen LogP contribution in [0.1, 0.15) is 25.7 Å². The lowest BCUT2D eigenvalue weighted by Gasteiger charge is -2.19. The summed E-state index contributed by atoms with van der Waals surface area (Å²) < 4.78 is 5.18. The number of amides is 2. The SMILES string of the molecule is C=CC(=O)N(CC)CC(=O)NC(C)c1nc2ccc(OC)cc2[nH]1. The van der Waals surface area contributed by atoms with E-state index in [0.717, 1.165) is 16.8 Å². The Morgan fingerprint density at radius 2 is 2.25 bits per heavy atom. The van der Waals surface area contributed by atoms with E-state index in [-0.39, 0.29) is 24.4 Å². The molecular formula is C17H22N4O3. The Hall–Kier alpha value is -2.83. The molecule has 1 aromatic heterocycles. The van der Waals surface area contributed by atoms with Gasteiger partial charge in [-0.05, 0) is 32.1 Å². The molecule has 0 radical (unpaired) electrons. The van der Waals surface area contributed by atoms with E-state index in [0.29, 0.717) is 12.4 Å². The predicted octanol–water partition coefficient (Wildman–Crippen LogP) is 1.78. The number of nitrogens with one attached hydrogen (secondary N) is 2. The average molecular weight is 330 g/mol. The zero-order valence-corrected chi connectivity index (χ0v) is 14.1. The molecule has 0 aliphatic heterocycles. The van der Waals surface area contributed by atoms with Gasteiger partial charge in [-0.2, -0.15) is 0 Å².